The van der Waals surface area contributed by atoms with E-state index in [4.69, 9.17) is 15.3 Å². The largest absolute Gasteiger partial charge is 0.480 e. The van der Waals surface area contributed by atoms with Crippen LogP contribution in [0.3, 0.4) is 0 Å². The molecule has 0 saturated heterocycles. The highest BCUT2D eigenvalue weighted by Gasteiger charge is 2.15. The van der Waals surface area contributed by atoms with Crippen molar-refractivity contribution in [1.29, 1.82) is 0 Å². The molecule has 1 aromatic rings. The van der Waals surface area contributed by atoms with Crippen LogP contribution in [0.5, 0.6) is 0 Å². The Balaban J connectivity index is 2.74. The Hall–Kier alpha value is -1.29. The molecule has 0 aliphatic carbocycles. The molecular weight excluding hydrogens is 170 g/mol. The molecule has 1 atom stereocenters. The summed E-state index contributed by atoms with van der Waals surface area (Å²) in [6.07, 6.45) is 0.245. The summed E-state index contributed by atoms with van der Waals surface area (Å²) in [5.41, 5.74) is 6.32. The number of carbonyl (C=O) groups is 1. The first-order valence-corrected chi connectivity index (χ1v) is 4.05. The van der Waals surface area contributed by atoms with Crippen molar-refractivity contribution in [3.05, 3.63) is 23.2 Å². The number of furan rings is 1. The summed E-state index contributed by atoms with van der Waals surface area (Å²) in [5, 5.41) is 8.57. The van der Waals surface area contributed by atoms with Crippen LogP contribution in [0.25, 0.3) is 0 Å². The molecule has 72 valence electrons. The molecule has 1 aromatic heterocycles. The summed E-state index contributed by atoms with van der Waals surface area (Å²) in [4.78, 5) is 10.5. The van der Waals surface area contributed by atoms with Crippen molar-refractivity contribution in [2.75, 3.05) is 0 Å². The third kappa shape index (κ3) is 2.32. The summed E-state index contributed by atoms with van der Waals surface area (Å²) >= 11 is 0. The molecule has 0 bridgehead atoms. The zero-order valence-electron chi connectivity index (χ0n) is 7.70. The maximum Gasteiger partial charge on any atom is 0.320 e. The molecule has 3 N–H and O–H groups in total. The number of aryl methyl sites for hydroxylation is 2. The van der Waals surface area contributed by atoms with Crippen LogP contribution < -0.4 is 5.73 Å². The van der Waals surface area contributed by atoms with Gasteiger partial charge < -0.3 is 15.3 Å². The molecule has 0 amide bonds. The van der Waals surface area contributed by atoms with Crippen LogP contribution in [0.2, 0.25) is 0 Å². The van der Waals surface area contributed by atoms with Crippen molar-refractivity contribution < 1.29 is 14.3 Å². The van der Waals surface area contributed by atoms with Crippen LogP contribution >= 0.6 is 0 Å². The number of nitrogens with two attached hydrogens (primary N) is 1. The molecule has 1 heterocycles. The SMILES string of the molecule is Cc1cc(C)c(CC(N)C(=O)O)o1. The lowest BCUT2D eigenvalue weighted by atomic mass is 10.1. The predicted molar refractivity (Wildman–Crippen MR) is 47.5 cm³/mol. The number of hydrogen-bond donors (Lipinski definition) is 2. The number of hydrogen-bond acceptors (Lipinski definition) is 3. The molecule has 0 aliphatic rings. The van der Waals surface area contributed by atoms with E-state index in [1.165, 1.54) is 0 Å². The average Bonchev–Trinajstić information content (AvgIpc) is 2.30. The molecule has 0 saturated carbocycles. The maximum atomic E-state index is 10.5. The van der Waals surface area contributed by atoms with E-state index in [0.717, 1.165) is 11.3 Å². The van der Waals surface area contributed by atoms with E-state index in [1.807, 2.05) is 19.9 Å². The summed E-state index contributed by atoms with van der Waals surface area (Å²) < 4.78 is 5.29. The number of carboxylic acid groups (broad SMARTS) is 1. The second-order valence-corrected chi connectivity index (χ2v) is 3.11. The Labute approximate surface area is 76.3 Å². The van der Waals surface area contributed by atoms with E-state index in [9.17, 15) is 4.79 Å². The fourth-order valence-electron chi connectivity index (χ4n) is 1.18. The van der Waals surface area contributed by atoms with Crippen LogP contribution in [0.4, 0.5) is 0 Å². The Morgan fingerprint density at radius 3 is 2.69 bits per heavy atom. The van der Waals surface area contributed by atoms with Gasteiger partial charge in [0.2, 0.25) is 0 Å². The number of aliphatic carboxylic acids is 1. The van der Waals surface area contributed by atoms with Crippen molar-refractivity contribution in [1.82, 2.24) is 0 Å². The van der Waals surface area contributed by atoms with Crippen molar-refractivity contribution in [3.8, 4) is 0 Å². The maximum absolute atomic E-state index is 10.5. The predicted octanol–water partition coefficient (Wildman–Crippen LogP) is 0.851. The third-order valence-electron chi connectivity index (χ3n) is 1.87. The molecule has 0 fully saturated rings. The van der Waals surface area contributed by atoms with Gasteiger partial charge in [0, 0.05) is 6.42 Å². The Morgan fingerprint density at radius 2 is 2.31 bits per heavy atom. The van der Waals surface area contributed by atoms with Gasteiger partial charge in [-0.25, -0.2) is 0 Å². The van der Waals surface area contributed by atoms with Gasteiger partial charge in [-0.15, -0.1) is 0 Å². The summed E-state index contributed by atoms with van der Waals surface area (Å²) in [7, 11) is 0. The third-order valence-corrected chi connectivity index (χ3v) is 1.87. The standard InChI is InChI=1S/C9H13NO3/c1-5-3-6(2)13-8(5)4-7(10)9(11)12/h3,7H,4,10H2,1-2H3,(H,11,12). The van der Waals surface area contributed by atoms with Crippen molar-refractivity contribution in [2.45, 2.75) is 26.3 Å². The van der Waals surface area contributed by atoms with Crippen LogP contribution in [-0.4, -0.2) is 17.1 Å². The van der Waals surface area contributed by atoms with Gasteiger partial charge in [0.25, 0.3) is 0 Å². The van der Waals surface area contributed by atoms with Crippen LogP contribution in [0.15, 0.2) is 10.5 Å². The normalized spacial score (nSPS) is 12.8. The van der Waals surface area contributed by atoms with Gasteiger partial charge in [-0.05, 0) is 25.5 Å². The van der Waals surface area contributed by atoms with Crippen molar-refractivity contribution in [3.63, 3.8) is 0 Å². The second-order valence-electron chi connectivity index (χ2n) is 3.11. The molecule has 4 nitrogen and oxygen atoms in total. The Morgan fingerprint density at radius 1 is 1.69 bits per heavy atom. The van der Waals surface area contributed by atoms with Gasteiger partial charge >= 0.3 is 5.97 Å². The highest BCUT2D eigenvalue weighted by atomic mass is 16.4. The van der Waals surface area contributed by atoms with Gasteiger partial charge in [-0.3, -0.25) is 4.79 Å². The fraction of sp³-hybridized carbons (Fsp3) is 0.444. The van der Waals surface area contributed by atoms with Gasteiger partial charge in [-0.2, -0.15) is 0 Å². The molecule has 0 spiro atoms. The summed E-state index contributed by atoms with van der Waals surface area (Å²) in [5.74, 6) is 0.436. The van der Waals surface area contributed by atoms with E-state index >= 15 is 0 Å². The lowest BCUT2D eigenvalue weighted by molar-refractivity contribution is -0.138. The van der Waals surface area contributed by atoms with Crippen LogP contribution in [0.1, 0.15) is 17.1 Å². The molecule has 4 heteroatoms. The summed E-state index contributed by atoms with van der Waals surface area (Å²) in [6, 6.07) is 0.980. The van der Waals surface area contributed by atoms with E-state index in [2.05, 4.69) is 0 Å². The van der Waals surface area contributed by atoms with Crippen molar-refractivity contribution >= 4 is 5.97 Å². The summed E-state index contributed by atoms with van der Waals surface area (Å²) in [6.45, 7) is 3.70. The van der Waals surface area contributed by atoms with Gasteiger partial charge in [0.05, 0.1) is 0 Å². The molecule has 0 aromatic carbocycles. The smallest absolute Gasteiger partial charge is 0.320 e. The monoisotopic (exact) mass is 183 g/mol. The highest BCUT2D eigenvalue weighted by Crippen LogP contribution is 2.14. The average molecular weight is 183 g/mol. The minimum Gasteiger partial charge on any atom is -0.480 e. The van der Waals surface area contributed by atoms with Crippen LogP contribution in [-0.2, 0) is 11.2 Å². The van der Waals surface area contributed by atoms with E-state index in [0.29, 0.717) is 5.76 Å². The molecular formula is C9H13NO3. The first kappa shape index (κ1) is 9.80. The van der Waals surface area contributed by atoms with Gasteiger partial charge in [-0.1, -0.05) is 0 Å². The minimum atomic E-state index is -1.01. The van der Waals surface area contributed by atoms with Gasteiger partial charge in [0.15, 0.2) is 0 Å². The Kier molecular flexibility index (Phi) is 2.72. The van der Waals surface area contributed by atoms with Gasteiger partial charge in [0.1, 0.15) is 17.6 Å². The fourth-order valence-corrected chi connectivity index (χ4v) is 1.18. The molecule has 13 heavy (non-hydrogen) atoms. The highest BCUT2D eigenvalue weighted by molar-refractivity contribution is 5.73. The van der Waals surface area contributed by atoms with Crippen LogP contribution in [0, 0.1) is 13.8 Å². The van der Waals surface area contributed by atoms with Crippen molar-refractivity contribution in [2.24, 2.45) is 5.73 Å². The topological polar surface area (TPSA) is 76.5 Å². The number of rotatable bonds is 3. The zero-order chi connectivity index (χ0) is 10.0. The lowest BCUT2D eigenvalue weighted by Crippen LogP contribution is -2.32. The minimum absolute atomic E-state index is 0.245. The number of carboxylic acids is 1. The van der Waals surface area contributed by atoms with E-state index in [1.54, 1.807) is 0 Å². The second kappa shape index (κ2) is 3.62. The Bertz CT molecular complexity index is 317. The molecule has 1 rings (SSSR count). The first-order valence-electron chi connectivity index (χ1n) is 4.05. The quantitative estimate of drug-likeness (QED) is 0.728. The van der Waals surface area contributed by atoms with E-state index < -0.39 is 12.0 Å². The molecule has 0 radical (unpaired) electrons. The lowest BCUT2D eigenvalue weighted by Gasteiger charge is -2.03. The molecule has 1 unspecified atom stereocenters. The zero-order valence-corrected chi connectivity index (χ0v) is 7.70. The first-order chi connectivity index (χ1) is 6.00. The molecule has 0 aliphatic heterocycles. The van der Waals surface area contributed by atoms with E-state index in [-0.39, 0.29) is 6.42 Å².